The maximum atomic E-state index is 13.3. The number of carbonyl (C=O) groups is 1. The normalized spacial score (nSPS) is 13.4. The summed E-state index contributed by atoms with van der Waals surface area (Å²) in [4.78, 5) is 34.6. The van der Waals surface area contributed by atoms with Gasteiger partial charge >= 0.3 is 0 Å². The zero-order chi connectivity index (χ0) is 21.5. The number of rotatable bonds is 3. The molecule has 4 aromatic rings. The fourth-order valence-electron chi connectivity index (χ4n) is 4.30. The van der Waals surface area contributed by atoms with Crippen LogP contribution in [0.1, 0.15) is 37.5 Å². The summed E-state index contributed by atoms with van der Waals surface area (Å²) in [5.74, 6) is 0.0472. The third-order valence-electron chi connectivity index (χ3n) is 5.93. The Hall–Kier alpha value is -3.25. The van der Waals surface area contributed by atoms with Gasteiger partial charge in [-0.25, -0.2) is 4.98 Å². The number of aromatic nitrogens is 2. The van der Waals surface area contributed by atoms with Gasteiger partial charge in [0.15, 0.2) is 0 Å². The molecule has 6 heteroatoms. The van der Waals surface area contributed by atoms with Gasteiger partial charge in [-0.2, -0.15) is 0 Å². The molecule has 5 rings (SSSR count). The summed E-state index contributed by atoms with van der Waals surface area (Å²) in [6, 6.07) is 15.9. The zero-order valence-corrected chi connectivity index (χ0v) is 18.4. The van der Waals surface area contributed by atoms with Gasteiger partial charge in [0.1, 0.15) is 4.83 Å². The monoisotopic (exact) mass is 429 g/mol. The highest BCUT2D eigenvalue weighted by Gasteiger charge is 2.27. The topological polar surface area (TPSA) is 55.2 Å². The first-order valence-corrected chi connectivity index (χ1v) is 11.2. The third-order valence-corrected chi connectivity index (χ3v) is 7.05. The van der Waals surface area contributed by atoms with E-state index < -0.39 is 0 Å². The van der Waals surface area contributed by atoms with Crippen molar-refractivity contribution in [1.82, 2.24) is 14.5 Å². The Balaban J connectivity index is 1.47. The Morgan fingerprint density at radius 2 is 1.97 bits per heavy atom. The number of hydrogen-bond donors (Lipinski definition) is 0. The largest absolute Gasteiger partial charge is 0.333 e. The van der Waals surface area contributed by atoms with Crippen LogP contribution in [0.5, 0.6) is 0 Å². The van der Waals surface area contributed by atoms with E-state index in [9.17, 15) is 9.59 Å². The van der Waals surface area contributed by atoms with Crippen LogP contribution in [0.2, 0.25) is 0 Å². The fraction of sp³-hybridized carbons (Fsp3) is 0.240. The van der Waals surface area contributed by atoms with Gasteiger partial charge in [0.2, 0.25) is 0 Å². The second-order valence-electron chi connectivity index (χ2n) is 8.14. The summed E-state index contributed by atoms with van der Waals surface area (Å²) in [7, 11) is 0. The van der Waals surface area contributed by atoms with Gasteiger partial charge in [-0.05, 0) is 43.0 Å². The average Bonchev–Trinajstić information content (AvgIpc) is 3.14. The van der Waals surface area contributed by atoms with E-state index in [1.165, 1.54) is 16.9 Å². The molecule has 0 N–H and O–H groups in total. The van der Waals surface area contributed by atoms with E-state index in [4.69, 9.17) is 0 Å². The minimum Gasteiger partial charge on any atom is -0.333 e. The molecule has 0 spiro atoms. The second-order valence-corrected chi connectivity index (χ2v) is 9.23. The minimum absolute atomic E-state index is 0.00249. The second kappa shape index (κ2) is 7.78. The Labute approximate surface area is 184 Å². The summed E-state index contributed by atoms with van der Waals surface area (Å²) >= 11 is 1.53. The Morgan fingerprint density at radius 1 is 1.13 bits per heavy atom. The molecule has 31 heavy (non-hydrogen) atoms. The Bertz CT molecular complexity index is 1370. The molecule has 2 aromatic carbocycles. The predicted molar refractivity (Wildman–Crippen MR) is 124 cm³/mol. The highest BCUT2D eigenvalue weighted by atomic mass is 32.1. The molecular formula is C25H23N3O2S. The Kier molecular flexibility index (Phi) is 4.94. The van der Waals surface area contributed by atoms with Crippen LogP contribution in [0.3, 0.4) is 0 Å². The van der Waals surface area contributed by atoms with Crippen molar-refractivity contribution in [2.45, 2.75) is 33.4 Å². The SMILES string of the molecule is Cc1cccc(Cn2cnc3sc4c(c3c2=O)CCN(C(=O)c2ccccc2C)C4)c1. The van der Waals surface area contributed by atoms with Crippen molar-refractivity contribution in [2.75, 3.05) is 6.54 Å². The van der Waals surface area contributed by atoms with Crippen molar-refractivity contribution in [3.05, 3.63) is 97.9 Å². The molecular weight excluding hydrogens is 406 g/mol. The van der Waals surface area contributed by atoms with Crippen molar-refractivity contribution < 1.29 is 4.79 Å². The van der Waals surface area contributed by atoms with Crippen LogP contribution in [0.15, 0.2) is 59.7 Å². The number of nitrogens with zero attached hydrogens (tertiary/aromatic N) is 3. The van der Waals surface area contributed by atoms with Crippen LogP contribution in [0.4, 0.5) is 0 Å². The fourth-order valence-corrected chi connectivity index (χ4v) is 5.49. The van der Waals surface area contributed by atoms with Crippen LogP contribution in [-0.2, 0) is 19.5 Å². The lowest BCUT2D eigenvalue weighted by atomic mass is 10.0. The van der Waals surface area contributed by atoms with Crippen LogP contribution >= 0.6 is 11.3 Å². The number of aryl methyl sites for hydroxylation is 2. The molecule has 156 valence electrons. The number of carbonyl (C=O) groups excluding carboxylic acids is 1. The highest BCUT2D eigenvalue weighted by molar-refractivity contribution is 7.18. The quantitative estimate of drug-likeness (QED) is 0.487. The van der Waals surface area contributed by atoms with Gasteiger partial charge in [-0.3, -0.25) is 14.2 Å². The number of thiophene rings is 1. The predicted octanol–water partition coefficient (Wildman–Crippen LogP) is 4.32. The van der Waals surface area contributed by atoms with Gasteiger partial charge in [-0.15, -0.1) is 11.3 Å². The maximum Gasteiger partial charge on any atom is 0.262 e. The molecule has 0 aliphatic carbocycles. The van der Waals surface area contributed by atoms with Gasteiger partial charge in [0.25, 0.3) is 11.5 Å². The van der Waals surface area contributed by atoms with E-state index >= 15 is 0 Å². The molecule has 1 aliphatic rings. The summed E-state index contributed by atoms with van der Waals surface area (Å²) < 4.78 is 1.69. The van der Waals surface area contributed by atoms with Crippen LogP contribution < -0.4 is 5.56 Å². The molecule has 0 saturated carbocycles. The van der Waals surface area contributed by atoms with Crippen molar-refractivity contribution in [3.8, 4) is 0 Å². The van der Waals surface area contributed by atoms with Crippen LogP contribution in [-0.4, -0.2) is 26.9 Å². The first-order chi connectivity index (χ1) is 15.0. The molecule has 0 atom stereocenters. The van der Waals surface area contributed by atoms with E-state index in [1.54, 1.807) is 10.9 Å². The van der Waals surface area contributed by atoms with Gasteiger partial charge in [-0.1, -0.05) is 48.0 Å². The zero-order valence-electron chi connectivity index (χ0n) is 17.6. The lowest BCUT2D eigenvalue weighted by Gasteiger charge is -2.27. The van der Waals surface area contributed by atoms with Crippen molar-refractivity contribution in [2.24, 2.45) is 0 Å². The average molecular weight is 430 g/mol. The lowest BCUT2D eigenvalue weighted by Crippen LogP contribution is -2.36. The molecule has 2 aromatic heterocycles. The summed E-state index contributed by atoms with van der Waals surface area (Å²) in [5.41, 5.74) is 5.04. The molecule has 0 fully saturated rings. The molecule has 0 unspecified atom stereocenters. The summed E-state index contributed by atoms with van der Waals surface area (Å²) in [5, 5.41) is 0.721. The standard InChI is InChI=1S/C25H23N3O2S/c1-16-6-5-8-18(12-16)13-28-15-26-23-22(25(28)30)20-10-11-27(14-21(20)31-23)24(29)19-9-4-3-7-17(19)2/h3-9,12,15H,10-11,13-14H2,1-2H3. The maximum absolute atomic E-state index is 13.3. The minimum atomic E-state index is 0.00249. The van der Waals surface area contributed by atoms with Gasteiger partial charge < -0.3 is 4.90 Å². The van der Waals surface area contributed by atoms with Crippen LogP contribution in [0, 0.1) is 13.8 Å². The number of hydrogen-bond acceptors (Lipinski definition) is 4. The van der Waals surface area contributed by atoms with E-state index in [0.29, 0.717) is 26.1 Å². The van der Waals surface area contributed by atoms with E-state index in [2.05, 4.69) is 11.1 Å². The molecule has 0 radical (unpaired) electrons. The van der Waals surface area contributed by atoms with Crippen LogP contribution in [0.25, 0.3) is 10.2 Å². The van der Waals surface area contributed by atoms with E-state index in [0.717, 1.165) is 37.3 Å². The smallest absolute Gasteiger partial charge is 0.262 e. The van der Waals surface area contributed by atoms with E-state index in [-0.39, 0.29) is 11.5 Å². The first kappa shape index (κ1) is 19.7. The van der Waals surface area contributed by atoms with Gasteiger partial charge in [0.05, 0.1) is 24.8 Å². The van der Waals surface area contributed by atoms with Crippen molar-refractivity contribution >= 4 is 27.5 Å². The highest BCUT2D eigenvalue weighted by Crippen LogP contribution is 2.33. The van der Waals surface area contributed by atoms with Crippen molar-refractivity contribution in [1.29, 1.82) is 0 Å². The van der Waals surface area contributed by atoms with E-state index in [1.807, 2.05) is 61.2 Å². The molecule has 0 saturated heterocycles. The number of benzene rings is 2. The summed E-state index contributed by atoms with van der Waals surface area (Å²) in [6.45, 7) is 5.65. The first-order valence-electron chi connectivity index (χ1n) is 10.4. The third kappa shape index (κ3) is 3.57. The van der Waals surface area contributed by atoms with Crippen molar-refractivity contribution in [3.63, 3.8) is 0 Å². The number of fused-ring (bicyclic) bond motifs is 3. The molecule has 0 bridgehead atoms. The molecule has 3 heterocycles. The molecule has 1 amide bonds. The lowest BCUT2D eigenvalue weighted by molar-refractivity contribution is 0.0736. The van der Waals surface area contributed by atoms with Gasteiger partial charge in [0, 0.05) is 17.0 Å². The molecule has 5 nitrogen and oxygen atoms in total. The number of amides is 1. The Morgan fingerprint density at radius 3 is 2.77 bits per heavy atom. The summed E-state index contributed by atoms with van der Waals surface area (Å²) in [6.07, 6.45) is 2.32. The molecule has 1 aliphatic heterocycles.